The average Bonchev–Trinajstić information content (AvgIpc) is 3.04. The van der Waals surface area contributed by atoms with Crippen LogP contribution in [0, 0.1) is 0 Å². The average molecular weight is 304 g/mol. The molecule has 1 unspecified atom stereocenters. The lowest BCUT2D eigenvalue weighted by Gasteiger charge is -2.17. The van der Waals surface area contributed by atoms with Gasteiger partial charge in [0.15, 0.2) is 0 Å². The molecule has 0 saturated carbocycles. The minimum Gasteiger partial charge on any atom is -0.394 e. The first-order chi connectivity index (χ1) is 10.2. The third-order valence-corrected chi connectivity index (χ3v) is 4.04. The Labute approximate surface area is 128 Å². The Kier molecular flexibility index (Phi) is 5.78. The molecule has 1 aromatic carbocycles. The zero-order valence-corrected chi connectivity index (χ0v) is 12.8. The molecule has 0 saturated heterocycles. The van der Waals surface area contributed by atoms with Crippen LogP contribution in [0.4, 0.5) is 4.79 Å². The summed E-state index contributed by atoms with van der Waals surface area (Å²) in [7, 11) is 0. The minimum atomic E-state index is -0.390. The number of hydrogen-bond acceptors (Lipinski definition) is 3. The van der Waals surface area contributed by atoms with Crippen molar-refractivity contribution in [3.8, 4) is 0 Å². The van der Waals surface area contributed by atoms with Crippen molar-refractivity contribution in [1.82, 2.24) is 10.6 Å². The number of urea groups is 1. The van der Waals surface area contributed by atoms with Gasteiger partial charge in [0.05, 0.1) is 12.6 Å². The summed E-state index contributed by atoms with van der Waals surface area (Å²) in [5, 5.41) is 19.0. The summed E-state index contributed by atoms with van der Waals surface area (Å²) in [6, 6.07) is 9.22. The summed E-state index contributed by atoms with van der Waals surface area (Å²) in [6.07, 6.45) is 0.971. The standard InChI is InChI=1S/C16H20N2O2S/c1-2-12-3-5-14(6-4-12)15(10-19)18-16(20)17-9-13-7-8-21-11-13/h3-8,11,15,19H,2,9-10H2,1H3,(H2,17,18,20). The molecule has 1 aromatic heterocycles. The van der Waals surface area contributed by atoms with Crippen LogP contribution >= 0.6 is 11.3 Å². The summed E-state index contributed by atoms with van der Waals surface area (Å²) in [4.78, 5) is 11.9. The second-order valence-corrected chi connectivity index (χ2v) is 5.57. The van der Waals surface area contributed by atoms with Gasteiger partial charge in [0.1, 0.15) is 0 Å². The zero-order valence-electron chi connectivity index (χ0n) is 12.0. The maximum atomic E-state index is 11.9. The first kappa shape index (κ1) is 15.5. The van der Waals surface area contributed by atoms with E-state index >= 15 is 0 Å². The van der Waals surface area contributed by atoms with Crippen LogP contribution in [0.1, 0.15) is 29.7 Å². The van der Waals surface area contributed by atoms with Crippen LogP contribution in [-0.4, -0.2) is 17.7 Å². The van der Waals surface area contributed by atoms with E-state index in [0.29, 0.717) is 6.54 Å². The van der Waals surface area contributed by atoms with Crippen molar-refractivity contribution in [1.29, 1.82) is 0 Å². The van der Waals surface area contributed by atoms with E-state index in [1.807, 2.05) is 41.1 Å². The lowest BCUT2D eigenvalue weighted by molar-refractivity contribution is 0.216. The number of aryl methyl sites for hydroxylation is 1. The van der Waals surface area contributed by atoms with Gasteiger partial charge in [-0.3, -0.25) is 0 Å². The number of amides is 2. The highest BCUT2D eigenvalue weighted by atomic mass is 32.1. The largest absolute Gasteiger partial charge is 0.394 e. The summed E-state index contributed by atoms with van der Waals surface area (Å²) in [5.74, 6) is 0. The molecule has 3 N–H and O–H groups in total. The molecule has 1 heterocycles. The number of carbonyl (C=O) groups is 1. The third kappa shape index (κ3) is 4.58. The number of benzene rings is 1. The van der Waals surface area contributed by atoms with E-state index in [1.165, 1.54) is 5.56 Å². The Bertz CT molecular complexity index is 552. The molecule has 2 aromatic rings. The highest BCUT2D eigenvalue weighted by Crippen LogP contribution is 2.14. The lowest BCUT2D eigenvalue weighted by Crippen LogP contribution is -2.38. The molecule has 112 valence electrons. The van der Waals surface area contributed by atoms with Gasteiger partial charge in [0.2, 0.25) is 0 Å². The molecule has 0 bridgehead atoms. The van der Waals surface area contributed by atoms with Crippen LogP contribution in [0.25, 0.3) is 0 Å². The van der Waals surface area contributed by atoms with Gasteiger partial charge in [-0.1, -0.05) is 31.2 Å². The van der Waals surface area contributed by atoms with Gasteiger partial charge in [0.25, 0.3) is 0 Å². The second kappa shape index (κ2) is 7.81. The van der Waals surface area contributed by atoms with Crippen LogP contribution < -0.4 is 10.6 Å². The number of thiophene rings is 1. The molecule has 0 aliphatic rings. The van der Waals surface area contributed by atoms with Crippen molar-refractivity contribution in [2.45, 2.75) is 25.9 Å². The van der Waals surface area contributed by atoms with E-state index in [2.05, 4.69) is 17.6 Å². The fourth-order valence-electron chi connectivity index (χ4n) is 2.00. The Morgan fingerprint density at radius 2 is 2.00 bits per heavy atom. The van der Waals surface area contributed by atoms with Gasteiger partial charge in [-0.15, -0.1) is 0 Å². The molecule has 5 heteroatoms. The topological polar surface area (TPSA) is 61.4 Å². The number of carbonyl (C=O) groups excluding carboxylic acids is 1. The smallest absolute Gasteiger partial charge is 0.315 e. The van der Waals surface area contributed by atoms with E-state index in [1.54, 1.807) is 11.3 Å². The Morgan fingerprint density at radius 1 is 1.24 bits per heavy atom. The second-order valence-electron chi connectivity index (χ2n) is 4.79. The quantitative estimate of drug-likeness (QED) is 0.768. The molecular weight excluding hydrogens is 284 g/mol. The van der Waals surface area contributed by atoms with Crippen LogP contribution in [0.3, 0.4) is 0 Å². The normalized spacial score (nSPS) is 11.9. The Balaban J connectivity index is 1.89. The van der Waals surface area contributed by atoms with E-state index < -0.39 is 6.04 Å². The monoisotopic (exact) mass is 304 g/mol. The van der Waals surface area contributed by atoms with E-state index in [4.69, 9.17) is 0 Å². The van der Waals surface area contributed by atoms with Crippen molar-refractivity contribution in [2.24, 2.45) is 0 Å². The van der Waals surface area contributed by atoms with Gasteiger partial charge in [-0.25, -0.2) is 4.79 Å². The molecule has 21 heavy (non-hydrogen) atoms. The van der Waals surface area contributed by atoms with Gasteiger partial charge < -0.3 is 15.7 Å². The predicted octanol–water partition coefficient (Wildman–Crippen LogP) is 2.84. The molecule has 0 spiro atoms. The predicted molar refractivity (Wildman–Crippen MR) is 85.3 cm³/mol. The van der Waals surface area contributed by atoms with E-state index in [9.17, 15) is 9.90 Å². The first-order valence-corrected chi connectivity index (χ1v) is 7.92. The summed E-state index contributed by atoms with van der Waals surface area (Å²) in [6.45, 7) is 2.45. The molecule has 0 aliphatic heterocycles. The van der Waals surface area contributed by atoms with Crippen molar-refractivity contribution in [3.63, 3.8) is 0 Å². The van der Waals surface area contributed by atoms with Crippen LogP contribution in [0.15, 0.2) is 41.1 Å². The highest BCUT2D eigenvalue weighted by Gasteiger charge is 2.13. The molecular formula is C16H20N2O2S. The summed E-state index contributed by atoms with van der Waals surface area (Å²) in [5.41, 5.74) is 3.21. The molecule has 0 aliphatic carbocycles. The molecule has 2 amide bonds. The van der Waals surface area contributed by atoms with Gasteiger partial charge in [0, 0.05) is 6.54 Å². The van der Waals surface area contributed by atoms with Gasteiger partial charge in [-0.2, -0.15) is 11.3 Å². The highest BCUT2D eigenvalue weighted by molar-refractivity contribution is 7.07. The van der Waals surface area contributed by atoms with E-state index in [0.717, 1.165) is 17.5 Å². The van der Waals surface area contributed by atoms with Gasteiger partial charge in [-0.05, 0) is 39.9 Å². The molecule has 0 radical (unpaired) electrons. The molecule has 4 nitrogen and oxygen atoms in total. The fraction of sp³-hybridized carbons (Fsp3) is 0.312. The van der Waals surface area contributed by atoms with E-state index in [-0.39, 0.29) is 12.6 Å². The molecule has 1 atom stereocenters. The number of nitrogens with one attached hydrogen (secondary N) is 2. The number of aliphatic hydroxyl groups is 1. The maximum absolute atomic E-state index is 11.9. The maximum Gasteiger partial charge on any atom is 0.315 e. The lowest BCUT2D eigenvalue weighted by atomic mass is 10.0. The number of rotatable bonds is 6. The third-order valence-electron chi connectivity index (χ3n) is 3.31. The number of hydrogen-bond donors (Lipinski definition) is 3. The number of aliphatic hydroxyl groups excluding tert-OH is 1. The van der Waals surface area contributed by atoms with Crippen LogP contribution in [0.5, 0.6) is 0 Å². The van der Waals surface area contributed by atoms with Crippen LogP contribution in [-0.2, 0) is 13.0 Å². The van der Waals surface area contributed by atoms with Crippen LogP contribution in [0.2, 0.25) is 0 Å². The zero-order chi connectivity index (χ0) is 15.1. The fourth-order valence-corrected chi connectivity index (χ4v) is 2.67. The Hall–Kier alpha value is -1.85. The molecule has 2 rings (SSSR count). The Morgan fingerprint density at radius 3 is 2.57 bits per heavy atom. The summed E-state index contributed by atoms with van der Waals surface area (Å²) >= 11 is 1.60. The van der Waals surface area contributed by atoms with Crippen molar-refractivity contribution >= 4 is 17.4 Å². The van der Waals surface area contributed by atoms with Gasteiger partial charge >= 0.3 is 6.03 Å². The SMILES string of the molecule is CCc1ccc(C(CO)NC(=O)NCc2ccsc2)cc1. The van der Waals surface area contributed by atoms with Crippen molar-refractivity contribution < 1.29 is 9.90 Å². The summed E-state index contributed by atoms with van der Waals surface area (Å²) < 4.78 is 0. The minimum absolute atomic E-state index is 0.128. The molecule has 0 fully saturated rings. The van der Waals surface area contributed by atoms with Crippen molar-refractivity contribution in [2.75, 3.05) is 6.61 Å². The van der Waals surface area contributed by atoms with Crippen molar-refractivity contribution in [3.05, 3.63) is 57.8 Å². The first-order valence-electron chi connectivity index (χ1n) is 6.98.